The van der Waals surface area contributed by atoms with E-state index in [1.54, 1.807) is 7.05 Å². The van der Waals surface area contributed by atoms with Gasteiger partial charge in [-0.2, -0.15) is 11.8 Å². The lowest BCUT2D eigenvalue weighted by molar-refractivity contribution is -0.146. The molecule has 3 amide bonds. The molecule has 1 fully saturated rings. The van der Waals surface area contributed by atoms with Crippen molar-refractivity contribution >= 4 is 29.7 Å². The summed E-state index contributed by atoms with van der Waals surface area (Å²) in [4.78, 5) is 37.0. The summed E-state index contributed by atoms with van der Waals surface area (Å²) in [6.07, 6.45) is 0.468. The summed E-state index contributed by atoms with van der Waals surface area (Å²) in [6, 6.07) is 9.32. The quantitative estimate of drug-likeness (QED) is 0.676. The molecule has 1 unspecified atom stereocenters. The van der Waals surface area contributed by atoms with Crippen molar-refractivity contribution in [2.45, 2.75) is 24.9 Å². The van der Waals surface area contributed by atoms with Gasteiger partial charge in [-0.25, -0.2) is 9.59 Å². The van der Waals surface area contributed by atoms with Crippen molar-refractivity contribution < 1.29 is 19.5 Å². The Balaban J connectivity index is 1.73. The molecule has 1 aromatic carbocycles. The van der Waals surface area contributed by atoms with Crippen LogP contribution in [0.15, 0.2) is 30.3 Å². The number of nitrogens with zero attached hydrogens (tertiary/aromatic N) is 1. The molecule has 0 aliphatic carbocycles. The number of carboxylic acid groups (broad SMARTS) is 1. The number of thioether (sulfide) groups is 1. The van der Waals surface area contributed by atoms with Crippen LogP contribution >= 0.6 is 11.8 Å². The molecular formula is C17H23N3O4S. The van der Waals surface area contributed by atoms with Gasteiger partial charge in [0.05, 0.1) is 0 Å². The molecule has 0 aromatic heterocycles. The number of amides is 3. The van der Waals surface area contributed by atoms with Gasteiger partial charge in [0.2, 0.25) is 5.91 Å². The van der Waals surface area contributed by atoms with E-state index in [1.165, 1.54) is 16.7 Å². The number of benzene rings is 1. The van der Waals surface area contributed by atoms with Crippen LogP contribution in [-0.2, 0) is 16.1 Å². The summed E-state index contributed by atoms with van der Waals surface area (Å²) in [5.41, 5.74) is -0.157. The average molecular weight is 365 g/mol. The van der Waals surface area contributed by atoms with Crippen LogP contribution < -0.4 is 10.6 Å². The van der Waals surface area contributed by atoms with Crippen molar-refractivity contribution in [1.82, 2.24) is 15.5 Å². The minimum Gasteiger partial charge on any atom is -0.479 e. The molecule has 7 nitrogen and oxygen atoms in total. The summed E-state index contributed by atoms with van der Waals surface area (Å²) in [5, 5.41) is 14.6. The van der Waals surface area contributed by atoms with E-state index >= 15 is 0 Å². The Labute approximate surface area is 151 Å². The Morgan fingerprint density at radius 3 is 2.60 bits per heavy atom. The zero-order chi connectivity index (χ0) is 18.3. The van der Waals surface area contributed by atoms with Crippen LogP contribution in [0.1, 0.15) is 18.4 Å². The van der Waals surface area contributed by atoms with E-state index in [2.05, 4.69) is 10.6 Å². The Morgan fingerprint density at radius 1 is 1.28 bits per heavy atom. The lowest BCUT2D eigenvalue weighted by Crippen LogP contribution is -2.55. The normalized spacial score (nSPS) is 19.2. The number of rotatable bonds is 7. The second-order valence-electron chi connectivity index (χ2n) is 6.06. The molecule has 136 valence electrons. The molecule has 2 rings (SSSR count). The maximum absolute atomic E-state index is 12.0. The van der Waals surface area contributed by atoms with Crippen LogP contribution in [0.5, 0.6) is 0 Å². The third-order valence-electron chi connectivity index (χ3n) is 4.05. The van der Waals surface area contributed by atoms with Crippen LogP contribution in [0.25, 0.3) is 0 Å². The van der Waals surface area contributed by atoms with Crippen molar-refractivity contribution in [2.24, 2.45) is 0 Å². The summed E-state index contributed by atoms with van der Waals surface area (Å²) in [7, 11) is 1.68. The number of carbonyl (C=O) groups is 3. The minimum absolute atomic E-state index is 0.0462. The van der Waals surface area contributed by atoms with E-state index in [0.717, 1.165) is 5.56 Å². The van der Waals surface area contributed by atoms with Gasteiger partial charge in [0.1, 0.15) is 5.54 Å². The minimum atomic E-state index is -1.17. The highest BCUT2D eigenvalue weighted by Crippen LogP contribution is 2.28. The van der Waals surface area contributed by atoms with E-state index < -0.39 is 11.5 Å². The molecule has 1 aliphatic heterocycles. The fourth-order valence-corrected chi connectivity index (χ4v) is 3.89. The molecule has 0 bridgehead atoms. The second-order valence-corrected chi connectivity index (χ2v) is 7.17. The van der Waals surface area contributed by atoms with E-state index in [4.69, 9.17) is 0 Å². The van der Waals surface area contributed by atoms with E-state index in [0.29, 0.717) is 24.5 Å². The molecule has 0 spiro atoms. The number of carbonyl (C=O) groups excluding carboxylic acids is 2. The smallest absolute Gasteiger partial charge is 0.330 e. The lowest BCUT2D eigenvalue weighted by atomic mass is 9.99. The first-order valence-electron chi connectivity index (χ1n) is 8.08. The van der Waals surface area contributed by atoms with Gasteiger partial charge < -0.3 is 20.6 Å². The van der Waals surface area contributed by atoms with Crippen LogP contribution in [0, 0.1) is 0 Å². The highest BCUT2D eigenvalue weighted by Gasteiger charge is 2.43. The molecule has 1 aliphatic rings. The molecule has 25 heavy (non-hydrogen) atoms. The number of hydrogen-bond acceptors (Lipinski definition) is 4. The Bertz CT molecular complexity index is 618. The standard InChI is InChI=1S/C17H23N3O4S/c1-20(11-13-5-3-2-4-6-13)16(24)18-9-7-14(21)19-17(15(22)23)8-10-25-12-17/h2-6H,7-12H2,1H3,(H,18,24)(H,19,21)(H,22,23). The van der Waals surface area contributed by atoms with Crippen LogP contribution in [-0.4, -0.2) is 58.6 Å². The second kappa shape index (κ2) is 8.75. The number of nitrogens with one attached hydrogen (secondary N) is 2. The van der Waals surface area contributed by atoms with Crippen molar-refractivity contribution in [3.05, 3.63) is 35.9 Å². The Kier molecular flexibility index (Phi) is 6.69. The predicted molar refractivity (Wildman–Crippen MR) is 96.4 cm³/mol. The SMILES string of the molecule is CN(Cc1ccccc1)C(=O)NCCC(=O)NC1(C(=O)O)CCSC1. The summed E-state index contributed by atoms with van der Waals surface area (Å²) >= 11 is 1.51. The number of aliphatic carboxylic acids is 1. The molecule has 3 N–H and O–H groups in total. The van der Waals surface area contributed by atoms with E-state index in [1.807, 2.05) is 30.3 Å². The van der Waals surface area contributed by atoms with Gasteiger partial charge in [-0.15, -0.1) is 0 Å². The van der Waals surface area contributed by atoms with Gasteiger partial charge in [-0.1, -0.05) is 30.3 Å². The highest BCUT2D eigenvalue weighted by molar-refractivity contribution is 7.99. The molecular weight excluding hydrogens is 342 g/mol. The number of carboxylic acids is 1. The van der Waals surface area contributed by atoms with Gasteiger partial charge in [0.15, 0.2) is 0 Å². The summed E-state index contributed by atoms with van der Waals surface area (Å²) in [5.74, 6) is -0.276. The fourth-order valence-electron chi connectivity index (χ4n) is 2.56. The zero-order valence-corrected chi connectivity index (χ0v) is 15.0. The van der Waals surface area contributed by atoms with Gasteiger partial charge in [-0.3, -0.25) is 4.79 Å². The Hall–Kier alpha value is -2.22. The number of urea groups is 1. The molecule has 0 saturated carbocycles. The molecule has 0 radical (unpaired) electrons. The van der Waals surface area contributed by atoms with Crippen molar-refractivity contribution in [3.8, 4) is 0 Å². The van der Waals surface area contributed by atoms with Crippen LogP contribution in [0.2, 0.25) is 0 Å². The first-order valence-corrected chi connectivity index (χ1v) is 9.23. The van der Waals surface area contributed by atoms with Gasteiger partial charge in [0, 0.05) is 32.3 Å². The van der Waals surface area contributed by atoms with E-state index in [-0.39, 0.29) is 24.9 Å². The molecule has 1 aromatic rings. The first-order chi connectivity index (χ1) is 11.9. The van der Waals surface area contributed by atoms with Crippen LogP contribution in [0.4, 0.5) is 4.79 Å². The highest BCUT2D eigenvalue weighted by atomic mass is 32.2. The van der Waals surface area contributed by atoms with Crippen molar-refractivity contribution in [1.29, 1.82) is 0 Å². The first kappa shape index (κ1) is 19.1. The maximum atomic E-state index is 12.0. The lowest BCUT2D eigenvalue weighted by Gasteiger charge is -2.24. The van der Waals surface area contributed by atoms with Gasteiger partial charge in [-0.05, 0) is 17.7 Å². The number of hydrogen-bond donors (Lipinski definition) is 3. The zero-order valence-electron chi connectivity index (χ0n) is 14.2. The summed E-state index contributed by atoms with van der Waals surface area (Å²) in [6.45, 7) is 0.630. The third kappa shape index (κ3) is 5.38. The maximum Gasteiger partial charge on any atom is 0.330 e. The molecule has 1 heterocycles. The molecule has 1 atom stereocenters. The van der Waals surface area contributed by atoms with Crippen LogP contribution in [0.3, 0.4) is 0 Å². The molecule has 1 saturated heterocycles. The topological polar surface area (TPSA) is 98.7 Å². The van der Waals surface area contributed by atoms with E-state index in [9.17, 15) is 19.5 Å². The Morgan fingerprint density at radius 2 is 2.00 bits per heavy atom. The third-order valence-corrected chi connectivity index (χ3v) is 5.24. The largest absolute Gasteiger partial charge is 0.479 e. The van der Waals surface area contributed by atoms with Crippen molar-refractivity contribution in [3.63, 3.8) is 0 Å². The predicted octanol–water partition coefficient (Wildman–Crippen LogP) is 1.29. The molecule has 8 heteroatoms. The fraction of sp³-hybridized carbons (Fsp3) is 0.471. The average Bonchev–Trinajstić information content (AvgIpc) is 3.05. The monoisotopic (exact) mass is 365 g/mol. The van der Waals surface area contributed by atoms with Gasteiger partial charge in [0.25, 0.3) is 0 Å². The summed E-state index contributed by atoms with van der Waals surface area (Å²) < 4.78 is 0. The van der Waals surface area contributed by atoms with Crippen molar-refractivity contribution in [2.75, 3.05) is 25.1 Å². The van der Waals surface area contributed by atoms with Gasteiger partial charge >= 0.3 is 12.0 Å².